The quantitative estimate of drug-likeness (QED) is 0.764. The predicted octanol–water partition coefficient (Wildman–Crippen LogP) is 1.66. The first-order valence-corrected chi connectivity index (χ1v) is 6.65. The average molecular weight is 266 g/mol. The molecule has 1 aliphatic rings. The van der Waals surface area contributed by atoms with Crippen molar-refractivity contribution in [1.29, 1.82) is 0 Å². The first-order chi connectivity index (χ1) is 9.81. The van der Waals surface area contributed by atoms with Gasteiger partial charge in [-0.15, -0.1) is 5.10 Å². The van der Waals surface area contributed by atoms with Gasteiger partial charge in [-0.25, -0.2) is 4.98 Å². The molecule has 3 aromatic heterocycles. The summed E-state index contributed by atoms with van der Waals surface area (Å²) in [6.45, 7) is 3.81. The fourth-order valence-corrected chi connectivity index (χ4v) is 2.59. The zero-order chi connectivity index (χ0) is 13.5. The number of rotatable bonds is 2. The number of anilines is 1. The van der Waals surface area contributed by atoms with Crippen molar-refractivity contribution in [2.45, 2.75) is 12.8 Å². The van der Waals surface area contributed by atoms with E-state index in [2.05, 4.69) is 36.3 Å². The minimum Gasteiger partial charge on any atom is -0.354 e. The molecule has 1 fully saturated rings. The summed E-state index contributed by atoms with van der Waals surface area (Å²) in [6, 6.07) is 8.02. The first-order valence-electron chi connectivity index (χ1n) is 6.65. The van der Waals surface area contributed by atoms with Crippen LogP contribution in [0.25, 0.3) is 11.0 Å². The maximum absolute atomic E-state index is 4.25. The number of pyridine rings is 1. The molecule has 6 heteroatoms. The van der Waals surface area contributed by atoms with Gasteiger partial charge in [0.25, 0.3) is 0 Å². The maximum Gasteiger partial charge on any atom is 0.181 e. The number of hydrogen-bond acceptors (Lipinski definition) is 5. The number of H-pyrrole nitrogens is 1. The molecule has 0 aliphatic carbocycles. The molecule has 0 spiro atoms. The van der Waals surface area contributed by atoms with Gasteiger partial charge in [-0.3, -0.25) is 5.10 Å². The van der Waals surface area contributed by atoms with Gasteiger partial charge < -0.3 is 4.90 Å². The van der Waals surface area contributed by atoms with E-state index in [9.17, 15) is 0 Å². The van der Waals surface area contributed by atoms with Crippen molar-refractivity contribution in [3.05, 3.63) is 41.9 Å². The minimum absolute atomic E-state index is 0.451. The largest absolute Gasteiger partial charge is 0.354 e. The van der Waals surface area contributed by atoms with Crippen LogP contribution in [-0.4, -0.2) is 38.5 Å². The Labute approximate surface area is 115 Å². The van der Waals surface area contributed by atoms with Crippen LogP contribution in [0, 0.1) is 6.92 Å². The Kier molecular flexibility index (Phi) is 2.42. The Morgan fingerprint density at radius 3 is 2.90 bits per heavy atom. The van der Waals surface area contributed by atoms with E-state index >= 15 is 0 Å². The molecule has 1 saturated heterocycles. The average Bonchev–Trinajstić information content (AvgIpc) is 2.84. The third-order valence-electron chi connectivity index (χ3n) is 3.76. The number of nitrogens with one attached hydrogen (secondary N) is 1. The molecule has 1 N–H and O–H groups in total. The lowest BCUT2D eigenvalue weighted by molar-refractivity contribution is 0.508. The Hall–Kier alpha value is -2.50. The highest BCUT2D eigenvalue weighted by Crippen LogP contribution is 2.32. The van der Waals surface area contributed by atoms with Crippen molar-refractivity contribution in [3.8, 4) is 0 Å². The van der Waals surface area contributed by atoms with E-state index in [1.54, 1.807) is 6.20 Å². The zero-order valence-electron chi connectivity index (χ0n) is 11.1. The van der Waals surface area contributed by atoms with Crippen molar-refractivity contribution in [1.82, 2.24) is 25.4 Å². The monoisotopic (exact) mass is 266 g/mol. The fourth-order valence-electron chi connectivity index (χ4n) is 2.59. The molecule has 0 bridgehead atoms. The zero-order valence-corrected chi connectivity index (χ0v) is 11.1. The van der Waals surface area contributed by atoms with Gasteiger partial charge in [-0.2, -0.15) is 10.2 Å². The lowest BCUT2D eigenvalue weighted by atomic mass is 9.94. The SMILES string of the molecule is Cc1ccc(N2CC(c3[nH]nc4ncccc34)C2)nn1. The van der Waals surface area contributed by atoms with Gasteiger partial charge in [0.05, 0.1) is 11.4 Å². The molecule has 3 aromatic rings. The number of aryl methyl sites for hydroxylation is 1. The predicted molar refractivity (Wildman–Crippen MR) is 75.6 cm³/mol. The van der Waals surface area contributed by atoms with E-state index in [1.165, 1.54) is 5.69 Å². The molecule has 20 heavy (non-hydrogen) atoms. The smallest absolute Gasteiger partial charge is 0.181 e. The van der Waals surface area contributed by atoms with Gasteiger partial charge in [0.1, 0.15) is 0 Å². The van der Waals surface area contributed by atoms with Crippen LogP contribution in [0.4, 0.5) is 5.82 Å². The van der Waals surface area contributed by atoms with Gasteiger partial charge in [-0.1, -0.05) is 0 Å². The molecule has 4 heterocycles. The number of aromatic nitrogens is 5. The Balaban J connectivity index is 1.55. The molecule has 0 unspecified atom stereocenters. The second kappa shape index (κ2) is 4.26. The highest BCUT2D eigenvalue weighted by atomic mass is 15.3. The molecular weight excluding hydrogens is 252 g/mol. The van der Waals surface area contributed by atoms with Crippen LogP contribution < -0.4 is 4.90 Å². The molecule has 1 aliphatic heterocycles. The van der Waals surface area contributed by atoms with Crippen LogP contribution in [0.3, 0.4) is 0 Å². The lowest BCUT2D eigenvalue weighted by Gasteiger charge is -2.39. The maximum atomic E-state index is 4.25. The number of fused-ring (bicyclic) bond motifs is 1. The summed E-state index contributed by atoms with van der Waals surface area (Å²) in [7, 11) is 0. The van der Waals surface area contributed by atoms with Crippen LogP contribution in [0.1, 0.15) is 17.3 Å². The summed E-state index contributed by atoms with van der Waals surface area (Å²) in [4.78, 5) is 6.47. The Morgan fingerprint density at radius 2 is 2.10 bits per heavy atom. The van der Waals surface area contributed by atoms with E-state index in [0.29, 0.717) is 5.92 Å². The fraction of sp³-hybridized carbons (Fsp3) is 0.286. The lowest BCUT2D eigenvalue weighted by Crippen LogP contribution is -2.45. The van der Waals surface area contributed by atoms with E-state index in [-0.39, 0.29) is 0 Å². The van der Waals surface area contributed by atoms with Crippen molar-refractivity contribution in [3.63, 3.8) is 0 Å². The summed E-state index contributed by atoms with van der Waals surface area (Å²) in [5, 5.41) is 16.8. The molecule has 0 radical (unpaired) electrons. The standard InChI is InChI=1S/C14H14N6/c1-9-4-5-12(17-16-9)20-7-10(8-20)13-11-3-2-6-15-14(11)19-18-13/h2-6,10H,7-8H2,1H3,(H,15,18,19). The van der Waals surface area contributed by atoms with Crippen LogP contribution in [0.15, 0.2) is 30.5 Å². The normalized spacial score (nSPS) is 15.6. The van der Waals surface area contributed by atoms with Crippen LogP contribution in [-0.2, 0) is 0 Å². The van der Waals surface area contributed by atoms with Crippen molar-refractivity contribution < 1.29 is 0 Å². The summed E-state index contributed by atoms with van der Waals surface area (Å²) in [5.74, 6) is 1.39. The molecule has 100 valence electrons. The van der Waals surface area contributed by atoms with Crippen molar-refractivity contribution in [2.24, 2.45) is 0 Å². The topological polar surface area (TPSA) is 70.6 Å². The van der Waals surface area contributed by atoms with Crippen molar-refractivity contribution in [2.75, 3.05) is 18.0 Å². The number of aromatic amines is 1. The minimum atomic E-state index is 0.451. The van der Waals surface area contributed by atoms with E-state index in [0.717, 1.165) is 35.6 Å². The van der Waals surface area contributed by atoms with Gasteiger partial charge in [0, 0.05) is 30.6 Å². The summed E-state index contributed by atoms with van der Waals surface area (Å²) in [5.41, 5.74) is 2.90. The summed E-state index contributed by atoms with van der Waals surface area (Å²) >= 11 is 0. The highest BCUT2D eigenvalue weighted by Gasteiger charge is 2.31. The molecule has 4 rings (SSSR count). The Bertz CT molecular complexity index is 742. The number of nitrogens with zero attached hydrogens (tertiary/aromatic N) is 5. The second-order valence-corrected chi connectivity index (χ2v) is 5.15. The molecule has 0 aromatic carbocycles. The Morgan fingerprint density at radius 1 is 1.20 bits per heavy atom. The number of hydrogen-bond donors (Lipinski definition) is 1. The van der Waals surface area contributed by atoms with Gasteiger partial charge in [0.15, 0.2) is 11.5 Å². The third kappa shape index (κ3) is 1.72. The van der Waals surface area contributed by atoms with E-state index in [1.807, 2.05) is 25.1 Å². The van der Waals surface area contributed by atoms with Gasteiger partial charge in [0.2, 0.25) is 0 Å². The van der Waals surface area contributed by atoms with Crippen LogP contribution in [0.2, 0.25) is 0 Å². The third-order valence-corrected chi connectivity index (χ3v) is 3.76. The van der Waals surface area contributed by atoms with E-state index < -0.39 is 0 Å². The first kappa shape index (κ1) is 11.3. The van der Waals surface area contributed by atoms with Crippen molar-refractivity contribution >= 4 is 16.9 Å². The van der Waals surface area contributed by atoms with E-state index in [4.69, 9.17) is 0 Å². The summed E-state index contributed by atoms with van der Waals surface area (Å²) < 4.78 is 0. The highest BCUT2D eigenvalue weighted by molar-refractivity contribution is 5.78. The molecular formula is C14H14N6. The van der Waals surface area contributed by atoms with Gasteiger partial charge >= 0.3 is 0 Å². The second-order valence-electron chi connectivity index (χ2n) is 5.15. The summed E-state index contributed by atoms with van der Waals surface area (Å²) in [6.07, 6.45) is 1.77. The van der Waals surface area contributed by atoms with Crippen LogP contribution >= 0.6 is 0 Å². The molecule has 0 atom stereocenters. The molecule has 6 nitrogen and oxygen atoms in total. The van der Waals surface area contributed by atoms with Crippen LogP contribution in [0.5, 0.6) is 0 Å². The molecule has 0 amide bonds. The molecule has 0 saturated carbocycles. The van der Waals surface area contributed by atoms with Gasteiger partial charge in [-0.05, 0) is 31.2 Å².